The lowest BCUT2D eigenvalue weighted by Crippen LogP contribution is -2.19. The van der Waals surface area contributed by atoms with Gasteiger partial charge in [0.25, 0.3) is 5.92 Å². The lowest BCUT2D eigenvalue weighted by atomic mass is 10.4. The highest BCUT2D eigenvalue weighted by atomic mass is 19.3. The Bertz CT molecular complexity index is 317. The third kappa shape index (κ3) is 2.81. The maximum absolute atomic E-state index is 12.4. The Morgan fingerprint density at radius 2 is 2.38 bits per heavy atom. The highest BCUT2D eigenvalue weighted by Crippen LogP contribution is 2.13. The van der Waals surface area contributed by atoms with Crippen LogP contribution < -0.4 is 0 Å². The minimum Gasteiger partial charge on any atom is -0.476 e. The number of aromatic nitrogens is 2. The second kappa shape index (κ2) is 3.12. The van der Waals surface area contributed by atoms with Crippen LogP contribution in [0, 0.1) is 0 Å². The maximum atomic E-state index is 12.4. The number of carboxylic acids is 1. The molecule has 0 aliphatic carbocycles. The van der Waals surface area contributed by atoms with E-state index in [1.54, 1.807) is 0 Å². The number of nitrogens with zero attached hydrogens (tertiary/aromatic N) is 2. The molecule has 0 bridgehead atoms. The van der Waals surface area contributed by atoms with Gasteiger partial charge in [0.05, 0.1) is 0 Å². The number of carbonyl (C=O) groups is 1. The van der Waals surface area contributed by atoms with Gasteiger partial charge >= 0.3 is 5.97 Å². The Hall–Kier alpha value is -1.46. The van der Waals surface area contributed by atoms with Gasteiger partial charge in [-0.1, -0.05) is 0 Å². The van der Waals surface area contributed by atoms with Gasteiger partial charge in [-0.2, -0.15) is 5.10 Å². The molecule has 4 nitrogen and oxygen atoms in total. The first-order valence-electron chi connectivity index (χ1n) is 3.53. The second-order valence-corrected chi connectivity index (χ2v) is 2.77. The number of hydrogen-bond donors (Lipinski definition) is 1. The number of aromatic carboxylic acids is 1. The summed E-state index contributed by atoms with van der Waals surface area (Å²) < 4.78 is 25.7. The summed E-state index contributed by atoms with van der Waals surface area (Å²) in [6, 6.07) is 1.17. The van der Waals surface area contributed by atoms with E-state index in [2.05, 4.69) is 5.10 Å². The molecule has 72 valence electrons. The van der Waals surface area contributed by atoms with Crippen LogP contribution >= 0.6 is 0 Å². The smallest absolute Gasteiger partial charge is 0.356 e. The number of rotatable bonds is 3. The zero-order valence-electron chi connectivity index (χ0n) is 6.87. The fourth-order valence-electron chi connectivity index (χ4n) is 0.848. The molecular formula is C7H8F2N2O2. The second-order valence-electron chi connectivity index (χ2n) is 2.77. The highest BCUT2D eigenvalue weighted by Gasteiger charge is 2.22. The summed E-state index contributed by atoms with van der Waals surface area (Å²) in [5.74, 6) is -4.11. The molecule has 1 N–H and O–H groups in total. The molecule has 1 aromatic rings. The van der Waals surface area contributed by atoms with Crippen LogP contribution in [0.2, 0.25) is 0 Å². The monoisotopic (exact) mass is 190 g/mol. The van der Waals surface area contributed by atoms with Crippen molar-refractivity contribution >= 4 is 5.97 Å². The van der Waals surface area contributed by atoms with Crippen molar-refractivity contribution in [2.45, 2.75) is 19.4 Å². The maximum Gasteiger partial charge on any atom is 0.356 e. The molecule has 0 aromatic carbocycles. The summed E-state index contributed by atoms with van der Waals surface area (Å²) in [5, 5.41) is 11.9. The molecule has 0 amide bonds. The summed E-state index contributed by atoms with van der Waals surface area (Å²) in [7, 11) is 0. The Kier molecular flexibility index (Phi) is 2.31. The van der Waals surface area contributed by atoms with Crippen molar-refractivity contribution in [1.29, 1.82) is 0 Å². The first kappa shape index (κ1) is 9.63. The molecule has 0 saturated carbocycles. The average molecular weight is 190 g/mol. The van der Waals surface area contributed by atoms with Gasteiger partial charge in [0.1, 0.15) is 6.54 Å². The van der Waals surface area contributed by atoms with E-state index < -0.39 is 18.4 Å². The summed E-state index contributed by atoms with van der Waals surface area (Å²) in [6.07, 6.45) is 1.21. The van der Waals surface area contributed by atoms with Crippen molar-refractivity contribution in [2.75, 3.05) is 0 Å². The van der Waals surface area contributed by atoms with Crippen molar-refractivity contribution in [3.05, 3.63) is 18.0 Å². The van der Waals surface area contributed by atoms with Crippen LogP contribution in [0.4, 0.5) is 8.78 Å². The van der Waals surface area contributed by atoms with E-state index in [1.807, 2.05) is 0 Å². The predicted molar refractivity (Wildman–Crippen MR) is 39.8 cm³/mol. The number of alkyl halides is 2. The normalized spacial score (nSPS) is 11.6. The predicted octanol–water partition coefficient (Wildman–Crippen LogP) is 1.24. The average Bonchev–Trinajstić information content (AvgIpc) is 2.31. The van der Waals surface area contributed by atoms with E-state index in [1.165, 1.54) is 12.3 Å². The van der Waals surface area contributed by atoms with Crippen LogP contribution in [0.25, 0.3) is 0 Å². The molecule has 0 radical (unpaired) electrons. The Morgan fingerprint density at radius 3 is 2.77 bits per heavy atom. The fourth-order valence-corrected chi connectivity index (χ4v) is 0.848. The van der Waals surface area contributed by atoms with Crippen LogP contribution in [0.15, 0.2) is 12.3 Å². The van der Waals surface area contributed by atoms with Gasteiger partial charge in [-0.3, -0.25) is 4.68 Å². The zero-order chi connectivity index (χ0) is 10.1. The third-order valence-electron chi connectivity index (χ3n) is 1.30. The standard InChI is InChI=1S/C7H8F2N2O2/c1-7(8,9)4-11-3-2-5(10-11)6(12)13/h2-3H,4H2,1H3,(H,12,13). The van der Waals surface area contributed by atoms with Crippen molar-refractivity contribution < 1.29 is 18.7 Å². The Balaban J connectivity index is 2.75. The summed E-state index contributed by atoms with van der Waals surface area (Å²) >= 11 is 0. The molecular weight excluding hydrogens is 182 g/mol. The molecule has 0 atom stereocenters. The van der Waals surface area contributed by atoms with Crippen LogP contribution in [0.3, 0.4) is 0 Å². The van der Waals surface area contributed by atoms with Gasteiger partial charge in [0.2, 0.25) is 0 Å². The summed E-state index contributed by atoms with van der Waals surface area (Å²) in [4.78, 5) is 10.3. The largest absolute Gasteiger partial charge is 0.476 e. The summed E-state index contributed by atoms with van der Waals surface area (Å²) in [6.45, 7) is 0.134. The van der Waals surface area contributed by atoms with E-state index in [4.69, 9.17) is 5.11 Å². The molecule has 0 unspecified atom stereocenters. The van der Waals surface area contributed by atoms with Gasteiger partial charge in [0.15, 0.2) is 5.69 Å². The number of halogens is 2. The highest BCUT2D eigenvalue weighted by molar-refractivity contribution is 5.84. The van der Waals surface area contributed by atoms with Crippen molar-refractivity contribution in [1.82, 2.24) is 9.78 Å². The van der Waals surface area contributed by atoms with E-state index in [0.29, 0.717) is 0 Å². The van der Waals surface area contributed by atoms with Crippen molar-refractivity contribution in [3.8, 4) is 0 Å². The van der Waals surface area contributed by atoms with Gasteiger partial charge in [0, 0.05) is 13.1 Å². The zero-order valence-corrected chi connectivity index (χ0v) is 6.87. The van der Waals surface area contributed by atoms with Gasteiger partial charge in [-0.25, -0.2) is 13.6 Å². The first-order valence-corrected chi connectivity index (χ1v) is 3.53. The van der Waals surface area contributed by atoms with Gasteiger partial charge < -0.3 is 5.11 Å². The van der Waals surface area contributed by atoms with Gasteiger partial charge in [-0.05, 0) is 6.07 Å². The van der Waals surface area contributed by atoms with Crippen molar-refractivity contribution in [3.63, 3.8) is 0 Å². The van der Waals surface area contributed by atoms with E-state index in [-0.39, 0.29) is 5.69 Å². The molecule has 1 rings (SSSR count). The molecule has 13 heavy (non-hydrogen) atoms. The van der Waals surface area contributed by atoms with E-state index in [9.17, 15) is 13.6 Å². The summed E-state index contributed by atoms with van der Waals surface area (Å²) in [5.41, 5.74) is -0.232. The molecule has 0 saturated heterocycles. The molecule has 0 fully saturated rings. The molecule has 0 aliphatic rings. The fraction of sp³-hybridized carbons (Fsp3) is 0.429. The molecule has 1 heterocycles. The number of carboxylic acid groups (broad SMARTS) is 1. The van der Waals surface area contributed by atoms with E-state index in [0.717, 1.165) is 11.6 Å². The Morgan fingerprint density at radius 1 is 1.77 bits per heavy atom. The lowest BCUT2D eigenvalue weighted by molar-refractivity contribution is 0.000356. The van der Waals surface area contributed by atoms with Crippen LogP contribution in [-0.4, -0.2) is 26.8 Å². The molecule has 0 spiro atoms. The lowest BCUT2D eigenvalue weighted by Gasteiger charge is -2.08. The van der Waals surface area contributed by atoms with Crippen LogP contribution in [0.5, 0.6) is 0 Å². The van der Waals surface area contributed by atoms with E-state index >= 15 is 0 Å². The van der Waals surface area contributed by atoms with Crippen LogP contribution in [-0.2, 0) is 6.54 Å². The minimum atomic E-state index is -2.89. The molecule has 0 aliphatic heterocycles. The molecule has 6 heteroatoms. The molecule has 1 aromatic heterocycles. The Labute approximate surface area is 72.8 Å². The quantitative estimate of drug-likeness (QED) is 0.780. The third-order valence-corrected chi connectivity index (χ3v) is 1.30. The van der Waals surface area contributed by atoms with Gasteiger partial charge in [-0.15, -0.1) is 0 Å². The topological polar surface area (TPSA) is 55.1 Å². The number of hydrogen-bond acceptors (Lipinski definition) is 2. The minimum absolute atomic E-state index is 0.232. The van der Waals surface area contributed by atoms with Crippen LogP contribution in [0.1, 0.15) is 17.4 Å². The SMILES string of the molecule is CC(F)(F)Cn1ccc(C(=O)O)n1. The first-order chi connectivity index (χ1) is 5.88. The van der Waals surface area contributed by atoms with Crippen molar-refractivity contribution in [2.24, 2.45) is 0 Å².